The highest BCUT2D eigenvalue weighted by molar-refractivity contribution is 5.98. The Morgan fingerprint density at radius 1 is 0.943 bits per heavy atom. The second-order valence-corrected chi connectivity index (χ2v) is 16.1. The molecule has 0 saturated heterocycles. The van der Waals surface area contributed by atoms with Crippen molar-refractivity contribution >= 4 is 28.6 Å². The molecule has 4 aliphatic carbocycles. The first kappa shape index (κ1) is 36.8. The number of amides is 2. The summed E-state index contributed by atoms with van der Waals surface area (Å²) in [6, 6.07) is 15.6. The van der Waals surface area contributed by atoms with E-state index < -0.39 is 47.2 Å². The van der Waals surface area contributed by atoms with Gasteiger partial charge >= 0.3 is 5.97 Å². The van der Waals surface area contributed by atoms with Crippen LogP contribution in [-0.4, -0.2) is 43.6 Å². The summed E-state index contributed by atoms with van der Waals surface area (Å²) in [6.07, 6.45) is 3.25. The topological polar surface area (TPSA) is 103 Å². The third-order valence-corrected chi connectivity index (χ3v) is 12.5. The molecule has 4 saturated carbocycles. The maximum atomic E-state index is 15.4. The lowest BCUT2D eigenvalue weighted by atomic mass is 9.70. The van der Waals surface area contributed by atoms with Crippen molar-refractivity contribution in [1.29, 1.82) is 0 Å². The Hall–Kier alpha value is -4.54. The highest BCUT2D eigenvalue weighted by atomic mass is 19.3. The molecule has 53 heavy (non-hydrogen) atoms. The number of allylic oxidation sites excluding steroid dienone is 1. The van der Waals surface area contributed by atoms with Crippen LogP contribution in [0, 0.1) is 34.4 Å². The Kier molecular flexibility index (Phi) is 10.2. The Bertz CT molecular complexity index is 1930. The Morgan fingerprint density at radius 3 is 2.38 bits per heavy atom. The molecule has 2 amide bonds. The lowest BCUT2D eigenvalue weighted by Gasteiger charge is -2.39. The van der Waals surface area contributed by atoms with Crippen LogP contribution in [0.15, 0.2) is 66.3 Å². The van der Waals surface area contributed by atoms with Crippen LogP contribution in [0.3, 0.4) is 0 Å². The van der Waals surface area contributed by atoms with Crippen molar-refractivity contribution in [2.45, 2.75) is 90.4 Å². The zero-order chi connectivity index (χ0) is 37.5. The fourth-order valence-electron chi connectivity index (χ4n) is 8.98. The van der Waals surface area contributed by atoms with E-state index in [1.54, 1.807) is 0 Å². The standard InChI is InChI=1S/C42H47F3N2O6/c1-41(14-7-15-41)23-46-39(49)35-29-18-26(19-30(29)37(44)45)36(35)47-38(48)31-20-34(32(43)21-33(31)51-3)53-27-12-16-42(2,17-13-27)40(50)52-22-25-10-6-9-24-8-4-5-11-28(24)25/h4-6,8-11,20-21,26-27,29,35-36H,7,12-19,22-23H2,1-3H3,(H,46,49)(H,47,48)/t26-,27?,29+,35+,36-,42?/m1/s1. The summed E-state index contributed by atoms with van der Waals surface area (Å²) in [7, 11) is 1.32. The van der Waals surface area contributed by atoms with Crippen molar-refractivity contribution < 1.29 is 41.8 Å². The van der Waals surface area contributed by atoms with Crippen LogP contribution in [-0.2, 0) is 20.9 Å². The first-order valence-corrected chi connectivity index (χ1v) is 18.7. The molecule has 0 spiro atoms. The van der Waals surface area contributed by atoms with E-state index >= 15 is 4.39 Å². The Balaban J connectivity index is 1.00. The molecule has 4 atom stereocenters. The molecule has 0 aromatic heterocycles. The predicted molar refractivity (Wildman–Crippen MR) is 193 cm³/mol. The molecule has 2 bridgehead atoms. The summed E-state index contributed by atoms with van der Waals surface area (Å²) in [5, 5.41) is 8.05. The van der Waals surface area contributed by atoms with Gasteiger partial charge in [-0.1, -0.05) is 55.8 Å². The maximum Gasteiger partial charge on any atom is 0.312 e. The number of carbonyl (C=O) groups is 3. The van der Waals surface area contributed by atoms with E-state index in [1.165, 1.54) is 13.2 Å². The van der Waals surface area contributed by atoms with E-state index in [0.29, 0.717) is 38.6 Å². The molecule has 4 aliphatic rings. The lowest BCUT2D eigenvalue weighted by molar-refractivity contribution is -0.159. The zero-order valence-corrected chi connectivity index (χ0v) is 30.4. The van der Waals surface area contributed by atoms with Gasteiger partial charge in [0.25, 0.3) is 12.0 Å². The fraction of sp³-hybridized carbons (Fsp3) is 0.500. The molecular weight excluding hydrogens is 685 g/mol. The van der Waals surface area contributed by atoms with Gasteiger partial charge in [-0.25, -0.2) is 4.39 Å². The summed E-state index contributed by atoms with van der Waals surface area (Å²) < 4.78 is 60.5. The molecule has 3 aromatic rings. The number of fused-ring (bicyclic) bond motifs is 3. The van der Waals surface area contributed by atoms with Crippen molar-refractivity contribution in [2.75, 3.05) is 13.7 Å². The van der Waals surface area contributed by atoms with Gasteiger partial charge in [-0.15, -0.1) is 0 Å². The van der Waals surface area contributed by atoms with Crippen LogP contribution in [0.25, 0.3) is 10.8 Å². The van der Waals surface area contributed by atoms with E-state index in [4.69, 9.17) is 14.2 Å². The van der Waals surface area contributed by atoms with Crippen LogP contribution in [0.4, 0.5) is 13.2 Å². The van der Waals surface area contributed by atoms with Gasteiger partial charge in [0.1, 0.15) is 12.4 Å². The van der Waals surface area contributed by atoms with Crippen LogP contribution < -0.4 is 20.1 Å². The molecule has 0 radical (unpaired) electrons. The number of hydrogen-bond donors (Lipinski definition) is 2. The summed E-state index contributed by atoms with van der Waals surface area (Å²) in [5.41, 5.74) is 0.198. The van der Waals surface area contributed by atoms with Crippen LogP contribution in [0.1, 0.15) is 87.6 Å². The molecule has 0 aliphatic heterocycles. The number of halogens is 3. The van der Waals surface area contributed by atoms with E-state index in [2.05, 4.69) is 17.6 Å². The minimum Gasteiger partial charge on any atom is -0.496 e. The molecule has 3 aromatic carbocycles. The van der Waals surface area contributed by atoms with Crippen molar-refractivity contribution in [1.82, 2.24) is 10.6 Å². The van der Waals surface area contributed by atoms with Gasteiger partial charge in [0, 0.05) is 18.7 Å². The zero-order valence-electron chi connectivity index (χ0n) is 30.4. The number of hydrogen-bond acceptors (Lipinski definition) is 6. The maximum absolute atomic E-state index is 15.4. The number of benzene rings is 3. The van der Waals surface area contributed by atoms with Crippen molar-refractivity contribution in [3.63, 3.8) is 0 Å². The average molecular weight is 733 g/mol. The first-order valence-electron chi connectivity index (χ1n) is 18.7. The highest BCUT2D eigenvalue weighted by Crippen LogP contribution is 2.53. The lowest BCUT2D eigenvalue weighted by Crippen LogP contribution is -2.52. The highest BCUT2D eigenvalue weighted by Gasteiger charge is 2.55. The number of esters is 1. The minimum atomic E-state index is -1.76. The van der Waals surface area contributed by atoms with Gasteiger partial charge in [0.2, 0.25) is 5.91 Å². The number of methoxy groups -OCH3 is 1. The van der Waals surface area contributed by atoms with Crippen molar-refractivity contribution in [3.05, 3.63) is 83.2 Å². The molecule has 2 N–H and O–H groups in total. The molecule has 0 heterocycles. The number of nitrogens with one attached hydrogen (secondary N) is 2. The minimum absolute atomic E-state index is 0.00721. The van der Waals surface area contributed by atoms with Crippen LogP contribution in [0.2, 0.25) is 0 Å². The van der Waals surface area contributed by atoms with Crippen molar-refractivity contribution in [3.8, 4) is 11.5 Å². The molecule has 282 valence electrons. The predicted octanol–water partition coefficient (Wildman–Crippen LogP) is 8.27. The fourth-order valence-corrected chi connectivity index (χ4v) is 8.98. The summed E-state index contributed by atoms with van der Waals surface area (Å²) in [6.45, 7) is 4.59. The summed E-state index contributed by atoms with van der Waals surface area (Å²) >= 11 is 0. The van der Waals surface area contributed by atoms with Crippen LogP contribution in [0.5, 0.6) is 11.5 Å². The second kappa shape index (κ2) is 14.7. The van der Waals surface area contributed by atoms with Crippen molar-refractivity contribution in [2.24, 2.45) is 28.6 Å². The van der Waals surface area contributed by atoms with Gasteiger partial charge in [-0.05, 0) is 104 Å². The summed E-state index contributed by atoms with van der Waals surface area (Å²) in [4.78, 5) is 40.7. The van der Waals surface area contributed by atoms with Gasteiger partial charge in [-0.3, -0.25) is 14.4 Å². The summed E-state index contributed by atoms with van der Waals surface area (Å²) in [5.74, 6) is -3.96. The number of ether oxygens (including phenoxy) is 3. The monoisotopic (exact) mass is 732 g/mol. The second-order valence-electron chi connectivity index (χ2n) is 16.1. The molecule has 7 rings (SSSR count). The Morgan fingerprint density at radius 2 is 1.68 bits per heavy atom. The quantitative estimate of drug-likeness (QED) is 0.193. The normalized spacial score (nSPS) is 27.1. The number of rotatable bonds is 11. The van der Waals surface area contributed by atoms with Gasteiger partial charge in [-0.2, -0.15) is 8.78 Å². The SMILES string of the molecule is COc1cc(F)c(OC2CCC(C)(C(=O)OCc3cccc4ccccc34)CC2)cc1C(=O)N[C@@H]1[C@H]2CC(=C(F)F)[C@H](C2)[C@@H]1C(=O)NCC1(C)CCC1. The van der Waals surface area contributed by atoms with E-state index in [0.717, 1.165) is 41.7 Å². The van der Waals surface area contributed by atoms with E-state index in [-0.39, 0.29) is 58.9 Å². The third-order valence-electron chi connectivity index (χ3n) is 12.5. The third kappa shape index (κ3) is 7.36. The smallest absolute Gasteiger partial charge is 0.312 e. The Labute approximate surface area is 307 Å². The van der Waals surface area contributed by atoms with Gasteiger partial charge in [0.15, 0.2) is 11.6 Å². The van der Waals surface area contributed by atoms with E-state index in [9.17, 15) is 23.2 Å². The molecule has 8 nitrogen and oxygen atoms in total. The van der Waals surface area contributed by atoms with E-state index in [1.807, 2.05) is 49.4 Å². The number of carbonyl (C=O) groups excluding carboxylic acids is 3. The average Bonchev–Trinajstić information content (AvgIpc) is 3.73. The molecule has 0 unspecified atom stereocenters. The molecular formula is C42H47F3N2O6. The van der Waals surface area contributed by atoms with Gasteiger partial charge in [0.05, 0.1) is 30.1 Å². The molecule has 11 heteroatoms. The first-order chi connectivity index (χ1) is 25.4. The molecule has 4 fully saturated rings. The van der Waals surface area contributed by atoms with Crippen LogP contribution >= 0.6 is 0 Å². The largest absolute Gasteiger partial charge is 0.496 e. The van der Waals surface area contributed by atoms with Gasteiger partial charge < -0.3 is 24.8 Å².